The monoisotopic (exact) mass is 495 g/mol. The van der Waals surface area contributed by atoms with Crippen molar-refractivity contribution >= 4 is 35.8 Å². The first-order chi connectivity index (χ1) is 12.7. The van der Waals surface area contributed by atoms with Gasteiger partial charge < -0.3 is 20.3 Å². The zero-order valence-corrected chi connectivity index (χ0v) is 19.4. The van der Waals surface area contributed by atoms with Crippen molar-refractivity contribution < 1.29 is 9.53 Å². The van der Waals surface area contributed by atoms with Crippen LogP contribution in [-0.2, 0) is 9.53 Å². The van der Waals surface area contributed by atoms with E-state index in [0.717, 1.165) is 84.2 Å². The molecule has 1 saturated carbocycles. The van der Waals surface area contributed by atoms with Crippen LogP contribution in [-0.4, -0.2) is 87.7 Å². The molecule has 2 N–H and O–H groups in total. The molecular formula is C19H38IN5O2. The molecule has 0 unspecified atom stereocenters. The number of nitrogens with zero attached hydrogens (tertiary/aromatic N) is 3. The van der Waals surface area contributed by atoms with Crippen molar-refractivity contribution in [2.24, 2.45) is 10.9 Å². The smallest absolute Gasteiger partial charge is 0.225 e. The minimum atomic E-state index is 0. The number of aliphatic imine (C=N–C) groups is 1. The number of ether oxygens (including phenoxy) is 1. The summed E-state index contributed by atoms with van der Waals surface area (Å²) in [6.07, 6.45) is 5.62. The van der Waals surface area contributed by atoms with Gasteiger partial charge in [-0.15, -0.1) is 24.0 Å². The van der Waals surface area contributed by atoms with Crippen LogP contribution < -0.4 is 10.6 Å². The first-order valence-electron chi connectivity index (χ1n) is 10.3. The Morgan fingerprint density at radius 1 is 1.11 bits per heavy atom. The Kier molecular flexibility index (Phi) is 13.0. The van der Waals surface area contributed by atoms with Crippen molar-refractivity contribution in [3.63, 3.8) is 0 Å². The third-order valence-electron chi connectivity index (χ3n) is 5.29. The minimum Gasteiger partial charge on any atom is -0.382 e. The second-order valence-electron chi connectivity index (χ2n) is 7.12. The van der Waals surface area contributed by atoms with Crippen LogP contribution in [0.1, 0.15) is 39.0 Å². The molecule has 0 aromatic rings. The van der Waals surface area contributed by atoms with Crippen LogP contribution >= 0.6 is 24.0 Å². The molecule has 2 rings (SSSR count). The zero-order chi connectivity index (χ0) is 18.6. The van der Waals surface area contributed by atoms with Crippen LogP contribution in [0.2, 0.25) is 0 Å². The summed E-state index contributed by atoms with van der Waals surface area (Å²) in [5, 5.41) is 6.67. The Morgan fingerprint density at radius 3 is 2.41 bits per heavy atom. The quantitative estimate of drug-likeness (QED) is 0.220. The Balaban J connectivity index is 0.00000364. The van der Waals surface area contributed by atoms with Gasteiger partial charge in [0, 0.05) is 72.0 Å². The second-order valence-corrected chi connectivity index (χ2v) is 7.12. The van der Waals surface area contributed by atoms with Crippen molar-refractivity contribution in [3.8, 4) is 0 Å². The van der Waals surface area contributed by atoms with Crippen molar-refractivity contribution in [3.05, 3.63) is 0 Å². The van der Waals surface area contributed by atoms with E-state index in [1.165, 1.54) is 12.8 Å². The fraction of sp³-hybridized carbons (Fsp3) is 0.895. The van der Waals surface area contributed by atoms with E-state index < -0.39 is 0 Å². The maximum atomic E-state index is 12.5. The number of carbonyl (C=O) groups is 1. The normalized spacial score (nSPS) is 19.0. The topological polar surface area (TPSA) is 69.2 Å². The average Bonchev–Trinajstić information content (AvgIpc) is 3.21. The van der Waals surface area contributed by atoms with E-state index in [-0.39, 0.29) is 24.0 Å². The van der Waals surface area contributed by atoms with Crippen LogP contribution in [0.3, 0.4) is 0 Å². The van der Waals surface area contributed by atoms with Gasteiger partial charge in [0.25, 0.3) is 0 Å². The molecule has 1 heterocycles. The minimum absolute atomic E-state index is 0. The highest BCUT2D eigenvalue weighted by Gasteiger charge is 2.29. The van der Waals surface area contributed by atoms with Gasteiger partial charge in [-0.2, -0.15) is 0 Å². The summed E-state index contributed by atoms with van der Waals surface area (Å²) in [5.74, 6) is 1.55. The second kappa shape index (κ2) is 14.4. The van der Waals surface area contributed by atoms with Crippen LogP contribution in [0.25, 0.3) is 0 Å². The number of hydrogen-bond acceptors (Lipinski definition) is 4. The lowest BCUT2D eigenvalue weighted by atomic mass is 10.1. The first-order valence-corrected chi connectivity index (χ1v) is 10.3. The van der Waals surface area contributed by atoms with Gasteiger partial charge in [-0.05, 0) is 26.2 Å². The number of carbonyl (C=O) groups excluding carboxylic acids is 1. The summed E-state index contributed by atoms with van der Waals surface area (Å²) in [5.41, 5.74) is 0. The SMILES string of the molecule is CCOCCCNC(=NC)NCCN1CCN(C(=O)C2CCCC2)CC1.I. The van der Waals surface area contributed by atoms with E-state index in [1.807, 2.05) is 6.92 Å². The lowest BCUT2D eigenvalue weighted by Gasteiger charge is -2.36. The first kappa shape index (κ1) is 24.4. The lowest BCUT2D eigenvalue weighted by molar-refractivity contribution is -0.137. The summed E-state index contributed by atoms with van der Waals surface area (Å²) in [4.78, 5) is 21.2. The molecule has 2 aliphatic rings. The van der Waals surface area contributed by atoms with Gasteiger partial charge in [-0.1, -0.05) is 12.8 Å². The molecule has 8 heteroatoms. The number of hydrogen-bond donors (Lipinski definition) is 2. The van der Waals surface area contributed by atoms with Crippen LogP contribution in [0.5, 0.6) is 0 Å². The number of amides is 1. The van der Waals surface area contributed by atoms with Crippen LogP contribution in [0.15, 0.2) is 4.99 Å². The van der Waals surface area contributed by atoms with E-state index in [2.05, 4.69) is 25.4 Å². The van der Waals surface area contributed by atoms with Crippen molar-refractivity contribution in [2.45, 2.75) is 39.0 Å². The summed E-state index contributed by atoms with van der Waals surface area (Å²) in [6.45, 7) is 9.96. The lowest BCUT2D eigenvalue weighted by Crippen LogP contribution is -2.51. The molecule has 0 aromatic heterocycles. The standard InChI is InChI=1S/C19H37N5O2.HI/c1-3-26-16-6-9-21-19(20-2)22-10-11-23-12-14-24(15-13-23)18(25)17-7-4-5-8-17;/h17H,3-16H2,1-2H3,(H2,20,21,22);1H. The molecule has 27 heavy (non-hydrogen) atoms. The van der Waals surface area contributed by atoms with E-state index in [4.69, 9.17) is 4.74 Å². The van der Waals surface area contributed by atoms with Gasteiger partial charge in [0.15, 0.2) is 5.96 Å². The van der Waals surface area contributed by atoms with Gasteiger partial charge in [0.2, 0.25) is 5.91 Å². The van der Waals surface area contributed by atoms with E-state index in [0.29, 0.717) is 11.8 Å². The molecule has 1 aliphatic carbocycles. The summed E-state index contributed by atoms with van der Waals surface area (Å²) in [6, 6.07) is 0. The number of halogens is 1. The van der Waals surface area contributed by atoms with Crippen LogP contribution in [0.4, 0.5) is 0 Å². The van der Waals surface area contributed by atoms with Gasteiger partial charge in [0.1, 0.15) is 0 Å². The van der Waals surface area contributed by atoms with Crippen molar-refractivity contribution in [1.82, 2.24) is 20.4 Å². The predicted octanol–water partition coefficient (Wildman–Crippen LogP) is 1.53. The third-order valence-corrected chi connectivity index (χ3v) is 5.29. The Labute approximate surface area is 181 Å². The zero-order valence-electron chi connectivity index (χ0n) is 17.0. The molecule has 0 bridgehead atoms. The molecule has 0 aromatic carbocycles. The van der Waals surface area contributed by atoms with Crippen LogP contribution in [0, 0.1) is 5.92 Å². The van der Waals surface area contributed by atoms with Crippen molar-refractivity contribution in [2.75, 3.05) is 66.1 Å². The molecular weight excluding hydrogens is 457 g/mol. The predicted molar refractivity (Wildman–Crippen MR) is 121 cm³/mol. The largest absolute Gasteiger partial charge is 0.382 e. The molecule has 0 radical (unpaired) electrons. The van der Waals surface area contributed by atoms with Gasteiger partial charge in [-0.25, -0.2) is 0 Å². The maximum absolute atomic E-state index is 12.5. The number of piperazine rings is 1. The molecule has 1 amide bonds. The third kappa shape index (κ3) is 8.95. The Bertz CT molecular complexity index is 436. The average molecular weight is 495 g/mol. The summed E-state index contributed by atoms with van der Waals surface area (Å²) < 4.78 is 5.33. The number of guanidine groups is 1. The van der Waals surface area contributed by atoms with Gasteiger partial charge in [0.05, 0.1) is 0 Å². The Morgan fingerprint density at radius 2 is 1.78 bits per heavy atom. The van der Waals surface area contributed by atoms with Gasteiger partial charge >= 0.3 is 0 Å². The van der Waals surface area contributed by atoms with Gasteiger partial charge in [-0.3, -0.25) is 14.7 Å². The summed E-state index contributed by atoms with van der Waals surface area (Å²) >= 11 is 0. The molecule has 2 fully saturated rings. The molecule has 7 nitrogen and oxygen atoms in total. The van der Waals surface area contributed by atoms with Crippen molar-refractivity contribution in [1.29, 1.82) is 0 Å². The highest BCUT2D eigenvalue weighted by molar-refractivity contribution is 14.0. The van der Waals surface area contributed by atoms with E-state index >= 15 is 0 Å². The highest BCUT2D eigenvalue weighted by atomic mass is 127. The molecule has 0 atom stereocenters. The molecule has 158 valence electrons. The number of nitrogens with one attached hydrogen (secondary N) is 2. The molecule has 1 saturated heterocycles. The maximum Gasteiger partial charge on any atom is 0.225 e. The Hall–Kier alpha value is -0.610. The summed E-state index contributed by atoms with van der Waals surface area (Å²) in [7, 11) is 1.80. The fourth-order valence-electron chi connectivity index (χ4n) is 3.70. The van der Waals surface area contributed by atoms with E-state index in [9.17, 15) is 4.79 Å². The van der Waals surface area contributed by atoms with E-state index in [1.54, 1.807) is 7.05 Å². The highest BCUT2D eigenvalue weighted by Crippen LogP contribution is 2.26. The molecule has 1 aliphatic heterocycles. The number of rotatable bonds is 9. The fourth-order valence-corrected chi connectivity index (χ4v) is 3.70. The molecule has 0 spiro atoms.